The number of rotatable bonds is 10. The first-order valence-electron chi connectivity index (χ1n) is 10.6. The highest BCUT2D eigenvalue weighted by atomic mass is 32.2. The van der Waals surface area contributed by atoms with Gasteiger partial charge < -0.3 is 5.11 Å². The predicted octanol–water partition coefficient (Wildman–Crippen LogP) is 5.04. The summed E-state index contributed by atoms with van der Waals surface area (Å²) in [4.78, 5) is 0. The Morgan fingerprint density at radius 2 is 1.88 bits per heavy atom. The third-order valence-electron chi connectivity index (χ3n) is 5.51. The van der Waals surface area contributed by atoms with Gasteiger partial charge in [0.15, 0.2) is 0 Å². The highest BCUT2D eigenvalue weighted by Crippen LogP contribution is 2.38. The van der Waals surface area contributed by atoms with Crippen LogP contribution in [0.2, 0.25) is 0 Å². The van der Waals surface area contributed by atoms with Crippen LogP contribution in [0.1, 0.15) is 72.6 Å². The lowest BCUT2D eigenvalue weighted by Crippen LogP contribution is -2.37. The Morgan fingerprint density at radius 1 is 1.15 bits per heavy atom. The second kappa shape index (κ2) is 11.5. The lowest BCUT2D eigenvalue weighted by Gasteiger charge is -2.33. The summed E-state index contributed by atoms with van der Waals surface area (Å²) in [5.74, 6) is 2.44. The van der Waals surface area contributed by atoms with E-state index < -0.39 is 6.23 Å². The van der Waals surface area contributed by atoms with E-state index in [2.05, 4.69) is 56.0 Å². The van der Waals surface area contributed by atoms with Gasteiger partial charge in [-0.2, -0.15) is 0 Å². The molecule has 0 amide bonds. The smallest absolute Gasteiger partial charge is 0.105 e. The van der Waals surface area contributed by atoms with Crippen LogP contribution in [0, 0.1) is 17.8 Å². The summed E-state index contributed by atoms with van der Waals surface area (Å²) in [6.07, 6.45) is 14.7. The van der Waals surface area contributed by atoms with Crippen molar-refractivity contribution in [2.75, 3.05) is 6.54 Å². The lowest BCUT2D eigenvalue weighted by atomic mass is 9.73. The topological polar surface area (TPSA) is 44.3 Å². The van der Waals surface area contributed by atoms with Crippen LogP contribution in [0.3, 0.4) is 0 Å². The summed E-state index contributed by atoms with van der Waals surface area (Å²) in [5, 5.41) is 14.2. The Balaban J connectivity index is 1.62. The zero-order valence-corrected chi connectivity index (χ0v) is 18.0. The molecule has 150 valence electrons. The van der Waals surface area contributed by atoms with E-state index in [1.54, 1.807) is 11.9 Å². The summed E-state index contributed by atoms with van der Waals surface area (Å²) in [6, 6.07) is 0.279. The third kappa shape index (κ3) is 8.16. The van der Waals surface area contributed by atoms with Crippen molar-refractivity contribution in [3.63, 3.8) is 0 Å². The Morgan fingerprint density at radius 3 is 2.50 bits per heavy atom. The van der Waals surface area contributed by atoms with Crippen molar-refractivity contribution in [3.05, 3.63) is 23.8 Å². The van der Waals surface area contributed by atoms with Crippen molar-refractivity contribution < 1.29 is 5.11 Å². The van der Waals surface area contributed by atoms with Gasteiger partial charge in [0.1, 0.15) is 6.23 Å². The maximum absolute atomic E-state index is 10.2. The molecule has 2 rings (SSSR count). The molecule has 26 heavy (non-hydrogen) atoms. The van der Waals surface area contributed by atoms with Crippen LogP contribution in [0.25, 0.3) is 0 Å². The van der Waals surface area contributed by atoms with Crippen molar-refractivity contribution in [1.82, 2.24) is 10.0 Å². The number of aliphatic hydroxyl groups excluding tert-OH is 1. The number of hydrogen-bond acceptors (Lipinski definition) is 4. The van der Waals surface area contributed by atoms with Gasteiger partial charge in [-0.1, -0.05) is 57.9 Å². The Kier molecular flexibility index (Phi) is 9.76. The fourth-order valence-electron chi connectivity index (χ4n) is 4.37. The van der Waals surface area contributed by atoms with Gasteiger partial charge in [-0.15, -0.1) is 0 Å². The van der Waals surface area contributed by atoms with E-state index in [0.29, 0.717) is 5.25 Å². The van der Waals surface area contributed by atoms with Crippen LogP contribution >= 0.6 is 11.9 Å². The van der Waals surface area contributed by atoms with Gasteiger partial charge in [0.2, 0.25) is 0 Å². The van der Waals surface area contributed by atoms with Crippen molar-refractivity contribution in [2.24, 2.45) is 17.8 Å². The zero-order valence-electron chi connectivity index (χ0n) is 17.2. The first kappa shape index (κ1) is 22.0. The largest absolute Gasteiger partial charge is 0.379 e. The van der Waals surface area contributed by atoms with E-state index in [9.17, 15) is 5.11 Å². The Bertz CT molecular complexity index is 453. The number of hydrogen-bond donors (Lipinski definition) is 3. The zero-order chi connectivity index (χ0) is 18.9. The van der Waals surface area contributed by atoms with Gasteiger partial charge >= 0.3 is 0 Å². The maximum Gasteiger partial charge on any atom is 0.105 e. The fourth-order valence-corrected chi connectivity index (χ4v) is 4.97. The van der Waals surface area contributed by atoms with Crippen LogP contribution in [-0.2, 0) is 0 Å². The fraction of sp³-hybridized carbons (Fsp3) is 0.818. The van der Waals surface area contributed by atoms with Gasteiger partial charge in [-0.3, -0.25) is 10.0 Å². The normalized spacial score (nSPS) is 30.5. The molecule has 0 aromatic carbocycles. The summed E-state index contributed by atoms with van der Waals surface area (Å²) in [5.41, 5.74) is 1.53. The van der Waals surface area contributed by atoms with E-state index in [4.69, 9.17) is 0 Å². The summed E-state index contributed by atoms with van der Waals surface area (Å²) >= 11 is 1.79. The molecule has 4 heteroatoms. The molecule has 0 spiro atoms. The number of aliphatic hydroxyl groups is 1. The molecule has 3 N–H and O–H groups in total. The predicted molar refractivity (Wildman–Crippen MR) is 115 cm³/mol. The molecule has 0 aromatic rings. The van der Waals surface area contributed by atoms with Crippen molar-refractivity contribution in [2.45, 2.75) is 90.2 Å². The third-order valence-corrected chi connectivity index (χ3v) is 6.35. The van der Waals surface area contributed by atoms with Crippen LogP contribution in [0.15, 0.2) is 23.8 Å². The first-order chi connectivity index (χ1) is 12.4. The molecular weight excluding hydrogens is 340 g/mol. The highest BCUT2D eigenvalue weighted by Gasteiger charge is 2.26. The van der Waals surface area contributed by atoms with Gasteiger partial charge in [-0.25, -0.2) is 0 Å². The average Bonchev–Trinajstić information content (AvgIpc) is 2.57. The van der Waals surface area contributed by atoms with Gasteiger partial charge in [0, 0.05) is 17.8 Å². The molecule has 4 unspecified atom stereocenters. The van der Waals surface area contributed by atoms with Crippen LogP contribution < -0.4 is 10.0 Å². The molecule has 4 atom stereocenters. The molecule has 0 heterocycles. The lowest BCUT2D eigenvalue weighted by molar-refractivity contribution is 0.116. The maximum atomic E-state index is 10.2. The van der Waals surface area contributed by atoms with Crippen molar-refractivity contribution in [1.29, 1.82) is 0 Å². The minimum absolute atomic E-state index is 0.279. The van der Waals surface area contributed by atoms with E-state index >= 15 is 0 Å². The van der Waals surface area contributed by atoms with Gasteiger partial charge in [0.25, 0.3) is 0 Å². The summed E-state index contributed by atoms with van der Waals surface area (Å²) in [7, 11) is 0. The minimum atomic E-state index is -0.396. The number of nitrogens with one attached hydrogen (secondary N) is 2. The summed E-state index contributed by atoms with van der Waals surface area (Å²) < 4.78 is 3.38. The quantitative estimate of drug-likeness (QED) is 0.282. The monoisotopic (exact) mass is 380 g/mol. The molecule has 0 radical (unpaired) electrons. The molecule has 0 aliphatic heterocycles. The summed E-state index contributed by atoms with van der Waals surface area (Å²) in [6.45, 7) is 10.2. The second-order valence-electron chi connectivity index (χ2n) is 8.76. The first-order valence-corrected chi connectivity index (χ1v) is 11.5. The van der Waals surface area contributed by atoms with Crippen molar-refractivity contribution >= 4 is 11.9 Å². The molecule has 0 aromatic heterocycles. The van der Waals surface area contributed by atoms with E-state index in [1.807, 2.05) is 0 Å². The van der Waals surface area contributed by atoms with Crippen LogP contribution in [0.5, 0.6) is 0 Å². The van der Waals surface area contributed by atoms with E-state index in [-0.39, 0.29) is 6.04 Å². The molecule has 3 nitrogen and oxygen atoms in total. The molecule has 2 aliphatic rings. The van der Waals surface area contributed by atoms with Crippen molar-refractivity contribution in [3.8, 4) is 0 Å². The van der Waals surface area contributed by atoms with Gasteiger partial charge in [0.05, 0.1) is 0 Å². The molecule has 1 saturated carbocycles. The minimum Gasteiger partial charge on any atom is -0.379 e. The van der Waals surface area contributed by atoms with Gasteiger partial charge in [-0.05, 0) is 68.3 Å². The standard InChI is InChI=1S/C22H40N2OS/c1-16(2)26-23-12-6-5-7-22(25)24-21-10-8-19(9-11-21)20-14-17(3)13-18(4)15-20/h8-10,16-18,20-25H,5-7,11-15H2,1-4H3. The molecular formula is C22H40N2OS. The Labute approximate surface area is 165 Å². The molecule has 1 fully saturated rings. The van der Waals surface area contributed by atoms with Crippen LogP contribution in [0.4, 0.5) is 0 Å². The highest BCUT2D eigenvalue weighted by molar-refractivity contribution is 7.97. The van der Waals surface area contributed by atoms with E-state index in [1.165, 1.54) is 24.8 Å². The SMILES string of the molecule is CC1CC(C)CC(C2=CCC(NC(O)CCCCNSC(C)C)C=C2)C1. The number of unbranched alkanes of at least 4 members (excludes halogenated alkanes) is 1. The molecule has 2 aliphatic carbocycles. The van der Waals surface area contributed by atoms with Crippen LogP contribution in [-0.4, -0.2) is 29.2 Å². The molecule has 0 bridgehead atoms. The molecule has 0 saturated heterocycles. The average molecular weight is 381 g/mol. The Hall–Kier alpha value is -0.290. The van der Waals surface area contributed by atoms with E-state index in [0.717, 1.165) is 50.0 Å². The number of allylic oxidation sites excluding steroid dienone is 2. The second-order valence-corrected chi connectivity index (χ2v) is 10.2.